The van der Waals surface area contributed by atoms with Crippen molar-refractivity contribution in [1.29, 1.82) is 0 Å². The van der Waals surface area contributed by atoms with Crippen molar-refractivity contribution in [3.05, 3.63) is 41.1 Å². The second kappa shape index (κ2) is 8.42. The molecule has 1 heterocycles. The first-order chi connectivity index (χ1) is 11.1. The number of nitrogens with two attached hydrogens (primary N) is 1. The van der Waals surface area contributed by atoms with Crippen LogP contribution in [0, 0.1) is 13.8 Å². The van der Waals surface area contributed by atoms with Crippen molar-refractivity contribution in [3.8, 4) is 0 Å². The van der Waals surface area contributed by atoms with Crippen molar-refractivity contribution < 1.29 is 5.11 Å². The van der Waals surface area contributed by atoms with E-state index in [0.717, 1.165) is 22.8 Å². The molecule has 0 unspecified atom stereocenters. The highest BCUT2D eigenvalue weighted by atomic mass is 16.3. The minimum absolute atomic E-state index is 0.102. The molecule has 23 heavy (non-hydrogen) atoms. The van der Waals surface area contributed by atoms with E-state index >= 15 is 0 Å². The summed E-state index contributed by atoms with van der Waals surface area (Å²) in [5, 5.41) is 18.3. The Morgan fingerprint density at radius 1 is 1.22 bits per heavy atom. The van der Waals surface area contributed by atoms with Crippen LogP contribution in [0.2, 0.25) is 0 Å². The van der Waals surface area contributed by atoms with E-state index in [1.54, 1.807) is 0 Å². The first kappa shape index (κ1) is 17.1. The van der Waals surface area contributed by atoms with Gasteiger partial charge in [-0.05, 0) is 31.5 Å². The van der Waals surface area contributed by atoms with Crippen LogP contribution >= 0.6 is 0 Å². The zero-order valence-electron chi connectivity index (χ0n) is 13.6. The van der Waals surface area contributed by atoms with E-state index in [0.29, 0.717) is 25.6 Å². The molecular formula is C16H24N6O. The van der Waals surface area contributed by atoms with Gasteiger partial charge in [0.1, 0.15) is 5.82 Å². The van der Waals surface area contributed by atoms with E-state index in [4.69, 9.17) is 10.8 Å². The summed E-state index contributed by atoms with van der Waals surface area (Å²) in [5.74, 6) is 1.26. The van der Waals surface area contributed by atoms with Gasteiger partial charge in [0.2, 0.25) is 5.95 Å². The summed E-state index contributed by atoms with van der Waals surface area (Å²) in [5.41, 5.74) is 9.42. The Morgan fingerprint density at radius 2 is 2.04 bits per heavy atom. The van der Waals surface area contributed by atoms with Crippen molar-refractivity contribution in [2.75, 3.05) is 30.5 Å². The number of aliphatic hydroxyl groups is 1. The zero-order valence-corrected chi connectivity index (χ0v) is 13.6. The molecule has 0 fully saturated rings. The largest absolute Gasteiger partial charge is 0.381 e. The first-order valence-corrected chi connectivity index (χ1v) is 7.60. The second-order valence-corrected chi connectivity index (χ2v) is 5.26. The van der Waals surface area contributed by atoms with Gasteiger partial charge < -0.3 is 21.5 Å². The number of hydrogen-bond donors (Lipinski definition) is 5. The standard InChI is InChI=1S/C16H24N6O/c1-11-4-3-5-13(8-11)20-15-12(2)14(9-18-10-23)21-16(22-15)19-7-6-17/h3-5,8,18,23H,6-7,9-10,17H2,1-2H3,(H2,19,20,21,22). The van der Waals surface area contributed by atoms with Gasteiger partial charge in [0.15, 0.2) is 0 Å². The van der Waals surface area contributed by atoms with Crippen LogP contribution in [0.15, 0.2) is 24.3 Å². The Kier molecular flexibility index (Phi) is 6.28. The zero-order chi connectivity index (χ0) is 16.7. The van der Waals surface area contributed by atoms with Gasteiger partial charge in [0, 0.05) is 30.9 Å². The smallest absolute Gasteiger partial charge is 0.224 e. The van der Waals surface area contributed by atoms with Gasteiger partial charge in [0.25, 0.3) is 0 Å². The maximum atomic E-state index is 8.96. The van der Waals surface area contributed by atoms with Crippen molar-refractivity contribution in [1.82, 2.24) is 15.3 Å². The van der Waals surface area contributed by atoms with E-state index < -0.39 is 0 Å². The highest BCUT2D eigenvalue weighted by Gasteiger charge is 2.11. The summed E-state index contributed by atoms with van der Waals surface area (Å²) in [6, 6.07) is 8.09. The summed E-state index contributed by atoms with van der Waals surface area (Å²) >= 11 is 0. The molecule has 0 aliphatic carbocycles. The van der Waals surface area contributed by atoms with Gasteiger partial charge in [-0.2, -0.15) is 4.98 Å². The average Bonchev–Trinajstić information content (AvgIpc) is 2.54. The van der Waals surface area contributed by atoms with Gasteiger partial charge >= 0.3 is 0 Å². The second-order valence-electron chi connectivity index (χ2n) is 5.26. The van der Waals surface area contributed by atoms with Crippen LogP contribution in [0.4, 0.5) is 17.5 Å². The third kappa shape index (κ3) is 4.88. The summed E-state index contributed by atoms with van der Waals surface area (Å²) in [6.45, 7) is 5.46. The molecule has 0 amide bonds. The SMILES string of the molecule is Cc1cccc(Nc2nc(NCCN)nc(CNCO)c2C)c1. The summed E-state index contributed by atoms with van der Waals surface area (Å²) in [4.78, 5) is 9.00. The minimum Gasteiger partial charge on any atom is -0.381 e. The van der Waals surface area contributed by atoms with E-state index in [1.165, 1.54) is 5.56 Å². The predicted octanol–water partition coefficient (Wildman–Crippen LogP) is 1.25. The predicted molar refractivity (Wildman–Crippen MR) is 92.7 cm³/mol. The Bertz CT molecular complexity index is 646. The van der Waals surface area contributed by atoms with E-state index in [1.807, 2.05) is 32.0 Å². The molecule has 6 N–H and O–H groups in total. The monoisotopic (exact) mass is 316 g/mol. The molecule has 0 saturated carbocycles. The van der Waals surface area contributed by atoms with Gasteiger partial charge in [-0.3, -0.25) is 5.32 Å². The van der Waals surface area contributed by atoms with Crippen LogP contribution < -0.4 is 21.7 Å². The molecule has 2 rings (SSSR count). The molecule has 7 nitrogen and oxygen atoms in total. The number of nitrogens with one attached hydrogen (secondary N) is 3. The fourth-order valence-electron chi connectivity index (χ4n) is 2.15. The lowest BCUT2D eigenvalue weighted by atomic mass is 10.2. The number of anilines is 3. The third-order valence-electron chi connectivity index (χ3n) is 3.36. The Labute approximate surface area is 136 Å². The number of rotatable bonds is 8. The van der Waals surface area contributed by atoms with Gasteiger partial charge in [-0.25, -0.2) is 4.98 Å². The molecule has 0 radical (unpaired) electrons. The molecule has 1 aromatic carbocycles. The molecule has 2 aromatic rings. The fraction of sp³-hybridized carbons (Fsp3) is 0.375. The molecule has 7 heteroatoms. The molecule has 0 atom stereocenters. The summed E-state index contributed by atoms with van der Waals surface area (Å²) in [7, 11) is 0. The number of hydrogen-bond acceptors (Lipinski definition) is 7. The minimum atomic E-state index is -0.102. The molecule has 0 saturated heterocycles. The molecular weight excluding hydrogens is 292 g/mol. The van der Waals surface area contributed by atoms with Crippen LogP contribution in [0.25, 0.3) is 0 Å². The molecule has 1 aromatic heterocycles. The van der Waals surface area contributed by atoms with Crippen LogP contribution in [0.3, 0.4) is 0 Å². The van der Waals surface area contributed by atoms with E-state index in [-0.39, 0.29) is 6.73 Å². The Balaban J connectivity index is 2.31. The highest BCUT2D eigenvalue weighted by molar-refractivity contribution is 5.62. The van der Waals surface area contributed by atoms with Crippen molar-refractivity contribution in [3.63, 3.8) is 0 Å². The molecule has 0 bridgehead atoms. The maximum Gasteiger partial charge on any atom is 0.224 e. The molecule has 124 valence electrons. The van der Waals surface area contributed by atoms with Gasteiger partial charge in [-0.15, -0.1) is 0 Å². The topological polar surface area (TPSA) is 108 Å². The van der Waals surface area contributed by atoms with Gasteiger partial charge in [-0.1, -0.05) is 12.1 Å². The number of aliphatic hydroxyl groups excluding tert-OH is 1. The van der Waals surface area contributed by atoms with Crippen LogP contribution in [-0.4, -0.2) is 34.9 Å². The first-order valence-electron chi connectivity index (χ1n) is 7.60. The number of aromatic nitrogens is 2. The van der Waals surface area contributed by atoms with Crippen LogP contribution in [0.5, 0.6) is 0 Å². The van der Waals surface area contributed by atoms with Gasteiger partial charge in [0.05, 0.1) is 12.4 Å². The van der Waals surface area contributed by atoms with E-state index in [2.05, 4.69) is 32.0 Å². The van der Waals surface area contributed by atoms with E-state index in [9.17, 15) is 0 Å². The summed E-state index contributed by atoms with van der Waals surface area (Å²) < 4.78 is 0. The number of nitrogens with zero attached hydrogens (tertiary/aromatic N) is 2. The lowest BCUT2D eigenvalue weighted by Crippen LogP contribution is -2.19. The van der Waals surface area contributed by atoms with Crippen LogP contribution in [-0.2, 0) is 6.54 Å². The summed E-state index contributed by atoms with van der Waals surface area (Å²) in [6.07, 6.45) is 0. The van der Waals surface area contributed by atoms with Crippen molar-refractivity contribution in [2.45, 2.75) is 20.4 Å². The fourth-order valence-corrected chi connectivity index (χ4v) is 2.15. The normalized spacial score (nSPS) is 10.6. The van der Waals surface area contributed by atoms with Crippen molar-refractivity contribution >= 4 is 17.5 Å². The Hall–Kier alpha value is -2.22. The highest BCUT2D eigenvalue weighted by Crippen LogP contribution is 2.22. The number of benzene rings is 1. The molecule has 0 aliphatic rings. The molecule has 0 spiro atoms. The third-order valence-corrected chi connectivity index (χ3v) is 3.36. The number of aryl methyl sites for hydroxylation is 1. The maximum absolute atomic E-state index is 8.96. The average molecular weight is 316 g/mol. The lowest BCUT2D eigenvalue weighted by Gasteiger charge is -2.15. The van der Waals surface area contributed by atoms with Crippen molar-refractivity contribution in [2.24, 2.45) is 5.73 Å². The quantitative estimate of drug-likeness (QED) is 0.466. The Morgan fingerprint density at radius 3 is 2.74 bits per heavy atom. The molecule has 0 aliphatic heterocycles. The van der Waals surface area contributed by atoms with Crippen LogP contribution in [0.1, 0.15) is 16.8 Å². The lowest BCUT2D eigenvalue weighted by molar-refractivity contribution is 0.258.